The Bertz CT molecular complexity index is 287. The number of nitrogens with one attached hydrogen (secondary N) is 1. The first kappa shape index (κ1) is 23.8. The van der Waals surface area contributed by atoms with E-state index in [0.29, 0.717) is 0 Å². The third kappa shape index (κ3) is 13.2. The molecule has 0 heterocycles. The zero-order valence-electron chi connectivity index (χ0n) is 12.7. The topological polar surface area (TPSA) is 130 Å². The number of hydrogen-bond donors (Lipinski definition) is 4. The highest BCUT2D eigenvalue weighted by atomic mass is 32.2. The van der Waals surface area contributed by atoms with Crippen LogP contribution in [0.25, 0.3) is 0 Å². The van der Waals surface area contributed by atoms with Gasteiger partial charge >= 0.3 is 11.9 Å². The summed E-state index contributed by atoms with van der Waals surface area (Å²) in [6.07, 6.45) is -0.206. The molecule has 0 aromatic heterocycles. The number of carbonyl (C=O) groups is 3. The Morgan fingerprint density at radius 1 is 1.10 bits per heavy atom. The zero-order chi connectivity index (χ0) is 16.7. The van der Waals surface area contributed by atoms with E-state index in [9.17, 15) is 14.4 Å². The van der Waals surface area contributed by atoms with E-state index in [-0.39, 0.29) is 12.2 Å². The van der Waals surface area contributed by atoms with Crippen molar-refractivity contribution in [2.45, 2.75) is 45.4 Å². The van der Waals surface area contributed by atoms with E-state index in [1.165, 1.54) is 7.05 Å². The molecule has 2 atom stereocenters. The fourth-order valence-corrected chi connectivity index (χ4v) is 1.77. The lowest BCUT2D eigenvalue weighted by Gasteiger charge is -2.12. The van der Waals surface area contributed by atoms with Crippen LogP contribution in [0, 0.1) is 0 Å². The molecule has 0 fully saturated rings. The van der Waals surface area contributed by atoms with Crippen molar-refractivity contribution >= 4 is 29.6 Å². The van der Waals surface area contributed by atoms with Crippen molar-refractivity contribution in [2.75, 3.05) is 12.8 Å². The monoisotopic (exact) mass is 310 g/mol. The van der Waals surface area contributed by atoms with Gasteiger partial charge in [0.05, 0.1) is 0 Å². The number of rotatable bonds is 7. The summed E-state index contributed by atoms with van der Waals surface area (Å²) in [7, 11) is 1.40. The van der Waals surface area contributed by atoms with Gasteiger partial charge in [0.2, 0.25) is 5.91 Å². The molecular weight excluding hydrogens is 284 g/mol. The molecular formula is C12H26N2O5S. The van der Waals surface area contributed by atoms with Crippen LogP contribution in [-0.2, 0) is 14.4 Å². The van der Waals surface area contributed by atoms with Crippen LogP contribution in [0.4, 0.5) is 0 Å². The van der Waals surface area contributed by atoms with Crippen molar-refractivity contribution in [3.05, 3.63) is 0 Å². The molecule has 0 bridgehead atoms. The van der Waals surface area contributed by atoms with Crippen LogP contribution in [-0.4, -0.2) is 52.2 Å². The van der Waals surface area contributed by atoms with Gasteiger partial charge in [-0.1, -0.05) is 27.7 Å². The first-order chi connectivity index (χ1) is 9.38. The van der Waals surface area contributed by atoms with E-state index in [1.807, 2.05) is 27.7 Å². The molecule has 2 unspecified atom stereocenters. The van der Waals surface area contributed by atoms with Gasteiger partial charge < -0.3 is 21.3 Å². The lowest BCUT2D eigenvalue weighted by Crippen LogP contribution is -2.35. The van der Waals surface area contributed by atoms with E-state index < -0.39 is 29.1 Å². The minimum absolute atomic E-state index is 0.0523. The maximum atomic E-state index is 11.0. The molecule has 5 N–H and O–H groups in total. The van der Waals surface area contributed by atoms with E-state index in [0.717, 1.165) is 11.8 Å². The predicted molar refractivity (Wildman–Crippen MR) is 80.9 cm³/mol. The SMILES string of the molecule is CC.CC.CNC(=O)CC(SCC(N)C(=O)O)C(=O)O. The molecule has 7 nitrogen and oxygen atoms in total. The van der Waals surface area contributed by atoms with E-state index in [4.69, 9.17) is 15.9 Å². The molecule has 0 spiro atoms. The summed E-state index contributed by atoms with van der Waals surface area (Å²) in [5.74, 6) is -2.82. The fraction of sp³-hybridized carbons (Fsp3) is 0.750. The van der Waals surface area contributed by atoms with Gasteiger partial charge in [0.25, 0.3) is 0 Å². The Morgan fingerprint density at radius 2 is 1.55 bits per heavy atom. The van der Waals surface area contributed by atoms with Crippen LogP contribution >= 0.6 is 11.8 Å². The van der Waals surface area contributed by atoms with Crippen molar-refractivity contribution in [1.82, 2.24) is 5.32 Å². The van der Waals surface area contributed by atoms with Gasteiger partial charge in [0, 0.05) is 19.2 Å². The molecule has 0 rings (SSSR count). The molecule has 8 heteroatoms. The Balaban J connectivity index is -0.000000656. The molecule has 20 heavy (non-hydrogen) atoms. The highest BCUT2D eigenvalue weighted by Crippen LogP contribution is 2.15. The third-order valence-electron chi connectivity index (χ3n) is 1.72. The van der Waals surface area contributed by atoms with E-state index in [2.05, 4.69) is 5.32 Å². The number of carboxylic acids is 2. The second kappa shape index (κ2) is 15.8. The Hall–Kier alpha value is -1.28. The van der Waals surface area contributed by atoms with Gasteiger partial charge in [-0.2, -0.15) is 0 Å². The van der Waals surface area contributed by atoms with Crippen LogP contribution in [0.3, 0.4) is 0 Å². The normalized spacial score (nSPS) is 11.7. The number of carbonyl (C=O) groups excluding carboxylic acids is 1. The van der Waals surface area contributed by atoms with Gasteiger partial charge in [0.1, 0.15) is 11.3 Å². The van der Waals surface area contributed by atoms with Crippen LogP contribution in [0.5, 0.6) is 0 Å². The highest BCUT2D eigenvalue weighted by Gasteiger charge is 2.23. The molecule has 120 valence electrons. The van der Waals surface area contributed by atoms with E-state index >= 15 is 0 Å². The molecule has 0 radical (unpaired) electrons. The van der Waals surface area contributed by atoms with Crippen molar-refractivity contribution in [3.8, 4) is 0 Å². The molecule has 0 aromatic rings. The summed E-state index contributed by atoms with van der Waals surface area (Å²) in [5, 5.41) is 18.6. The smallest absolute Gasteiger partial charge is 0.321 e. The number of thioether (sulfide) groups is 1. The fourth-order valence-electron chi connectivity index (χ4n) is 0.779. The lowest BCUT2D eigenvalue weighted by atomic mass is 10.3. The summed E-state index contributed by atoms with van der Waals surface area (Å²) in [4.78, 5) is 32.1. The van der Waals surface area contributed by atoms with Gasteiger partial charge in [-0.25, -0.2) is 0 Å². The third-order valence-corrected chi connectivity index (χ3v) is 3.04. The van der Waals surface area contributed by atoms with Crippen LogP contribution < -0.4 is 11.1 Å². The standard InChI is InChI=1S/C8H14N2O5S.2C2H6/c1-10-6(11)2-5(8(14)15)16-3-4(9)7(12)13;2*1-2/h4-5H,2-3,9H2,1H3,(H,10,11)(H,12,13)(H,14,15);2*1-2H3. The number of nitrogens with two attached hydrogens (primary N) is 1. The number of amides is 1. The quantitative estimate of drug-likeness (QED) is 0.546. The molecule has 0 saturated heterocycles. The highest BCUT2D eigenvalue weighted by molar-refractivity contribution is 8.00. The predicted octanol–water partition coefficient (Wildman–Crippen LogP) is 0.773. The van der Waals surface area contributed by atoms with Crippen molar-refractivity contribution in [2.24, 2.45) is 5.73 Å². The second-order valence-electron chi connectivity index (χ2n) is 2.98. The van der Waals surface area contributed by atoms with Crippen LogP contribution in [0.2, 0.25) is 0 Å². The minimum Gasteiger partial charge on any atom is -0.480 e. The largest absolute Gasteiger partial charge is 0.480 e. The summed E-state index contributed by atoms with van der Waals surface area (Å²) in [5.41, 5.74) is 5.21. The Morgan fingerprint density at radius 3 is 1.85 bits per heavy atom. The summed E-state index contributed by atoms with van der Waals surface area (Å²) in [6.45, 7) is 8.00. The Labute approximate surface area is 124 Å². The molecule has 0 aliphatic rings. The maximum absolute atomic E-state index is 11.0. The molecule has 1 amide bonds. The number of carboxylic acid groups (broad SMARTS) is 2. The maximum Gasteiger partial charge on any atom is 0.321 e. The number of hydrogen-bond acceptors (Lipinski definition) is 5. The van der Waals surface area contributed by atoms with Crippen molar-refractivity contribution in [3.63, 3.8) is 0 Å². The Kier molecular flexibility index (Phi) is 18.8. The second-order valence-corrected chi connectivity index (χ2v) is 4.22. The summed E-state index contributed by atoms with van der Waals surface area (Å²) >= 11 is 0.844. The van der Waals surface area contributed by atoms with Gasteiger partial charge in [-0.05, 0) is 0 Å². The first-order valence-corrected chi connectivity index (χ1v) is 7.46. The van der Waals surface area contributed by atoms with Gasteiger partial charge in [-0.3, -0.25) is 14.4 Å². The minimum atomic E-state index is -1.20. The average molecular weight is 310 g/mol. The molecule has 0 aromatic carbocycles. The van der Waals surface area contributed by atoms with Crippen LogP contribution in [0.15, 0.2) is 0 Å². The molecule has 0 aliphatic carbocycles. The summed E-state index contributed by atoms with van der Waals surface area (Å²) in [6, 6.07) is -1.13. The zero-order valence-corrected chi connectivity index (χ0v) is 13.5. The van der Waals surface area contributed by atoms with E-state index in [1.54, 1.807) is 0 Å². The van der Waals surface area contributed by atoms with Crippen molar-refractivity contribution < 1.29 is 24.6 Å². The first-order valence-electron chi connectivity index (χ1n) is 6.41. The van der Waals surface area contributed by atoms with Gasteiger partial charge in [-0.15, -0.1) is 11.8 Å². The van der Waals surface area contributed by atoms with Gasteiger partial charge in [0.15, 0.2) is 0 Å². The molecule has 0 aliphatic heterocycles. The summed E-state index contributed by atoms with van der Waals surface area (Å²) < 4.78 is 0. The van der Waals surface area contributed by atoms with Crippen molar-refractivity contribution in [1.29, 1.82) is 0 Å². The average Bonchev–Trinajstić information content (AvgIpc) is 2.46. The van der Waals surface area contributed by atoms with Crippen LogP contribution in [0.1, 0.15) is 34.1 Å². The lowest BCUT2D eigenvalue weighted by molar-refractivity contribution is -0.139. The number of aliphatic carboxylic acids is 2. The molecule has 0 saturated carbocycles.